The molecule has 0 radical (unpaired) electrons. The molecule has 40 heavy (non-hydrogen) atoms. The predicted octanol–water partition coefficient (Wildman–Crippen LogP) is 10.3. The maximum atomic E-state index is 8.95. The fraction of sp³-hybridized carbons (Fsp3) is 0.243. The van der Waals surface area contributed by atoms with Crippen LogP contribution in [-0.4, -0.2) is 9.97 Å². The van der Waals surface area contributed by atoms with Gasteiger partial charge in [-0.3, -0.25) is 4.98 Å². The summed E-state index contributed by atoms with van der Waals surface area (Å²) in [5.41, 5.74) is 2.06. The minimum absolute atomic E-state index is 0.00607. The van der Waals surface area contributed by atoms with Crippen LogP contribution in [0.3, 0.4) is 0 Å². The first-order chi connectivity index (χ1) is 24.6. The molecule has 1 saturated carbocycles. The highest BCUT2D eigenvalue weighted by Crippen LogP contribution is 2.39. The number of para-hydroxylation sites is 1. The summed E-state index contributed by atoms with van der Waals surface area (Å²) in [4.78, 5) is 8.69. The van der Waals surface area contributed by atoms with Crippen molar-refractivity contribution < 1.29 is 22.2 Å². The molecule has 0 aliphatic heterocycles. The number of aryl methyl sites for hydroxylation is 4. The number of fused-ring (bicyclic) bond motifs is 3. The normalized spacial score (nSPS) is 20.9. The highest BCUT2D eigenvalue weighted by Gasteiger charge is 2.19. The smallest absolute Gasteiger partial charge is 0.227 e. The summed E-state index contributed by atoms with van der Waals surface area (Å²) in [6.07, 6.45) is 4.19. The predicted molar refractivity (Wildman–Crippen MR) is 166 cm³/mol. The van der Waals surface area contributed by atoms with Crippen molar-refractivity contribution in [2.75, 3.05) is 0 Å². The lowest BCUT2D eigenvalue weighted by molar-refractivity contribution is 0.653. The van der Waals surface area contributed by atoms with Crippen LogP contribution >= 0.6 is 0 Å². The van der Waals surface area contributed by atoms with Crippen LogP contribution in [0.25, 0.3) is 55.6 Å². The molecule has 0 spiro atoms. The van der Waals surface area contributed by atoms with E-state index < -0.39 is 33.3 Å². The molecule has 3 nitrogen and oxygen atoms in total. The Hall–Kier alpha value is -4.24. The minimum Gasteiger partial charge on any atom is -0.437 e. The fourth-order valence-corrected chi connectivity index (χ4v) is 5.76. The van der Waals surface area contributed by atoms with Crippen molar-refractivity contribution >= 4 is 22.1 Å². The Morgan fingerprint density at radius 2 is 1.60 bits per heavy atom. The third-order valence-corrected chi connectivity index (χ3v) is 7.80. The summed E-state index contributed by atoms with van der Waals surface area (Å²) in [6, 6.07) is 19.1. The number of pyridine rings is 2. The molecule has 3 heterocycles. The van der Waals surface area contributed by atoms with Gasteiger partial charge in [0.2, 0.25) is 5.71 Å². The summed E-state index contributed by atoms with van der Waals surface area (Å²) in [5, 5.41) is 1.19. The number of hydrogen-bond acceptors (Lipinski definition) is 3. The van der Waals surface area contributed by atoms with E-state index in [9.17, 15) is 0 Å². The van der Waals surface area contributed by atoms with Gasteiger partial charge in [0.25, 0.3) is 0 Å². The highest BCUT2D eigenvalue weighted by molar-refractivity contribution is 6.08. The summed E-state index contributed by atoms with van der Waals surface area (Å²) in [5.74, 6) is -0.888. The van der Waals surface area contributed by atoms with E-state index in [0.717, 1.165) is 12.8 Å². The zero-order valence-electron chi connectivity index (χ0n) is 34.6. The van der Waals surface area contributed by atoms with E-state index in [1.165, 1.54) is 30.5 Å². The molecule has 6 aromatic rings. The minimum atomic E-state index is -2.75. The molecule has 0 atom stereocenters. The summed E-state index contributed by atoms with van der Waals surface area (Å²) in [7, 11) is 0. The molecule has 3 heteroatoms. The van der Waals surface area contributed by atoms with E-state index in [2.05, 4.69) is 9.97 Å². The first kappa shape index (κ1) is 14.4. The van der Waals surface area contributed by atoms with Crippen LogP contribution in [0, 0.1) is 27.4 Å². The topological polar surface area (TPSA) is 38.9 Å². The average Bonchev–Trinajstić information content (AvgIpc) is 3.70. The van der Waals surface area contributed by atoms with Gasteiger partial charge in [-0.05, 0) is 115 Å². The number of furan rings is 1. The van der Waals surface area contributed by atoms with Crippen LogP contribution in [-0.2, 0) is 0 Å². The van der Waals surface area contributed by atoms with Crippen molar-refractivity contribution in [2.45, 2.75) is 59.0 Å². The Labute approximate surface area is 254 Å². The summed E-state index contributed by atoms with van der Waals surface area (Å²) >= 11 is 0. The van der Waals surface area contributed by atoms with Gasteiger partial charge in [0.1, 0.15) is 5.58 Å². The van der Waals surface area contributed by atoms with Crippen molar-refractivity contribution in [3.63, 3.8) is 0 Å². The standard InChI is InChI=1S/C37H34N2O/c1-22-18-27(26-8-5-6-9-26)13-16-29(22)28-14-17-30(23(2)19-28)34-20-35(38-21-24(34)3)33-11-7-10-31-32-15-12-25(4)39-37(32)40-36(31)33/h7,10-21,26H,5-6,8-9H2,1-4H3/i1D3,2D3,3D3,4D3,26D. The van der Waals surface area contributed by atoms with Gasteiger partial charge < -0.3 is 4.42 Å². The Balaban J connectivity index is 1.41. The van der Waals surface area contributed by atoms with Gasteiger partial charge in [0, 0.05) is 46.0 Å². The first-order valence-corrected chi connectivity index (χ1v) is 13.3. The van der Waals surface area contributed by atoms with E-state index >= 15 is 0 Å². The van der Waals surface area contributed by atoms with Crippen LogP contribution in [0.1, 0.15) is 77.3 Å². The third-order valence-electron chi connectivity index (χ3n) is 7.80. The Morgan fingerprint density at radius 3 is 2.45 bits per heavy atom. The third kappa shape index (κ3) is 4.21. The van der Waals surface area contributed by atoms with Gasteiger partial charge in [-0.25, -0.2) is 4.98 Å². The molecule has 198 valence electrons. The van der Waals surface area contributed by atoms with Crippen molar-refractivity contribution in [3.05, 3.63) is 107 Å². The van der Waals surface area contributed by atoms with Gasteiger partial charge in [-0.2, -0.15) is 0 Å². The SMILES string of the molecule is [2H]C([2H])([2H])c1ccc2c(n1)oc1c(-c3cc(-c4ccc(-c5ccc(C6([2H])CCCC6)cc5C([2H])([2H])[2H])cc4C([2H])([2H])[2H])c(C([2H])([2H])[2H])cn3)cccc12. The van der Waals surface area contributed by atoms with E-state index in [4.69, 9.17) is 22.2 Å². The molecule has 0 saturated heterocycles. The average molecular weight is 536 g/mol. The van der Waals surface area contributed by atoms with Crippen molar-refractivity contribution in [1.29, 1.82) is 0 Å². The molecule has 3 aromatic carbocycles. The number of nitrogens with zero attached hydrogens (tertiary/aromatic N) is 2. The lowest BCUT2D eigenvalue weighted by Gasteiger charge is -2.16. The molecule has 7 rings (SSSR count). The second-order valence-corrected chi connectivity index (χ2v) is 10.3. The van der Waals surface area contributed by atoms with Gasteiger partial charge in [-0.15, -0.1) is 0 Å². The quantitative estimate of drug-likeness (QED) is 0.225. The van der Waals surface area contributed by atoms with E-state index in [0.29, 0.717) is 51.5 Å². The highest BCUT2D eigenvalue weighted by atomic mass is 16.3. The van der Waals surface area contributed by atoms with Crippen LogP contribution < -0.4 is 0 Å². The number of hydrogen-bond donors (Lipinski definition) is 0. The van der Waals surface area contributed by atoms with Crippen molar-refractivity contribution in [2.24, 2.45) is 0 Å². The van der Waals surface area contributed by atoms with E-state index in [1.54, 1.807) is 48.5 Å². The van der Waals surface area contributed by atoms with Crippen LogP contribution in [0.15, 0.2) is 83.4 Å². The molecular weight excluding hydrogens is 488 g/mol. The first-order valence-electron chi connectivity index (χ1n) is 19.8. The Morgan fingerprint density at radius 1 is 0.750 bits per heavy atom. The Bertz CT molecular complexity index is 2380. The molecule has 3 aromatic heterocycles. The second-order valence-electron chi connectivity index (χ2n) is 10.3. The zero-order chi connectivity index (χ0) is 38.3. The van der Waals surface area contributed by atoms with Crippen LogP contribution in [0.5, 0.6) is 0 Å². The lowest BCUT2D eigenvalue weighted by Crippen LogP contribution is -1.95. The molecule has 0 N–H and O–H groups in total. The fourth-order valence-electron chi connectivity index (χ4n) is 5.76. The molecule has 0 bridgehead atoms. The molecule has 1 aliphatic rings. The van der Waals surface area contributed by atoms with Gasteiger partial charge in [0.05, 0.1) is 5.69 Å². The molecule has 1 fully saturated rings. The van der Waals surface area contributed by atoms with E-state index in [-0.39, 0.29) is 44.9 Å². The van der Waals surface area contributed by atoms with Crippen LogP contribution in [0.4, 0.5) is 0 Å². The maximum absolute atomic E-state index is 8.95. The zero-order valence-corrected chi connectivity index (χ0v) is 21.6. The molecule has 0 unspecified atom stereocenters. The van der Waals surface area contributed by atoms with Gasteiger partial charge >= 0.3 is 0 Å². The number of rotatable bonds is 4. The van der Waals surface area contributed by atoms with E-state index in [1.807, 2.05) is 0 Å². The van der Waals surface area contributed by atoms with Crippen molar-refractivity contribution in [1.82, 2.24) is 9.97 Å². The molecule has 0 amide bonds. The monoisotopic (exact) mass is 535 g/mol. The molecule has 1 aliphatic carbocycles. The maximum Gasteiger partial charge on any atom is 0.227 e. The lowest BCUT2D eigenvalue weighted by atomic mass is 9.89. The largest absolute Gasteiger partial charge is 0.437 e. The van der Waals surface area contributed by atoms with Gasteiger partial charge in [-0.1, -0.05) is 61.4 Å². The second kappa shape index (κ2) is 9.75. The van der Waals surface area contributed by atoms with Crippen molar-refractivity contribution in [3.8, 4) is 33.5 Å². The number of benzene rings is 3. The van der Waals surface area contributed by atoms with Crippen LogP contribution in [0.2, 0.25) is 0 Å². The van der Waals surface area contributed by atoms with Gasteiger partial charge in [0.15, 0.2) is 0 Å². The summed E-state index contributed by atoms with van der Waals surface area (Å²) in [6.45, 7) is -10.5. The molecular formula is C37H34N2O. The number of aromatic nitrogens is 2. The summed E-state index contributed by atoms with van der Waals surface area (Å²) < 4.78 is 114. The Kier molecular flexibility index (Phi) is 3.51.